The van der Waals surface area contributed by atoms with Gasteiger partial charge in [-0.2, -0.15) is 11.8 Å². The summed E-state index contributed by atoms with van der Waals surface area (Å²) in [4.78, 5) is 14.3. The van der Waals surface area contributed by atoms with Gasteiger partial charge in [0.1, 0.15) is 0 Å². The average Bonchev–Trinajstić information content (AvgIpc) is 2.67. The highest BCUT2D eigenvalue weighted by Crippen LogP contribution is 2.18. The summed E-state index contributed by atoms with van der Waals surface area (Å²) < 4.78 is 0. The van der Waals surface area contributed by atoms with E-state index in [2.05, 4.69) is 30.3 Å². The van der Waals surface area contributed by atoms with Crippen LogP contribution >= 0.6 is 11.8 Å². The van der Waals surface area contributed by atoms with Crippen molar-refractivity contribution in [1.29, 1.82) is 0 Å². The summed E-state index contributed by atoms with van der Waals surface area (Å²) in [6.45, 7) is 5.20. The highest BCUT2D eigenvalue weighted by Gasteiger charge is 2.36. The first-order valence-electron chi connectivity index (χ1n) is 7.30. The second kappa shape index (κ2) is 8.81. The Labute approximate surface area is 116 Å². The molecular formula is C14H28N2OS. The first kappa shape index (κ1) is 15.8. The molecule has 0 saturated carbocycles. The van der Waals surface area contributed by atoms with Gasteiger partial charge in [-0.25, -0.2) is 0 Å². The van der Waals surface area contributed by atoms with E-state index in [4.69, 9.17) is 0 Å². The molecule has 0 aromatic rings. The van der Waals surface area contributed by atoms with Crippen molar-refractivity contribution >= 4 is 17.7 Å². The third kappa shape index (κ3) is 4.47. The van der Waals surface area contributed by atoms with Crippen LogP contribution in [0.5, 0.6) is 0 Å². The highest BCUT2D eigenvalue weighted by atomic mass is 32.2. The molecule has 4 heteroatoms. The zero-order valence-electron chi connectivity index (χ0n) is 12.1. The predicted molar refractivity (Wildman–Crippen MR) is 79.9 cm³/mol. The molecule has 1 amide bonds. The van der Waals surface area contributed by atoms with E-state index < -0.39 is 0 Å². The van der Waals surface area contributed by atoms with Gasteiger partial charge in [0.25, 0.3) is 0 Å². The van der Waals surface area contributed by atoms with E-state index >= 15 is 0 Å². The SMILES string of the molecule is CCCC1NC(CC)C(=O)N1CCCCCSC. The first-order valence-corrected chi connectivity index (χ1v) is 8.69. The lowest BCUT2D eigenvalue weighted by atomic mass is 10.2. The summed E-state index contributed by atoms with van der Waals surface area (Å²) in [5, 5.41) is 3.47. The molecule has 1 N–H and O–H groups in total. The maximum atomic E-state index is 12.2. The molecule has 0 aliphatic carbocycles. The van der Waals surface area contributed by atoms with Gasteiger partial charge in [0.2, 0.25) is 5.91 Å². The fourth-order valence-corrected chi connectivity index (χ4v) is 3.02. The van der Waals surface area contributed by atoms with Gasteiger partial charge in [0, 0.05) is 6.54 Å². The summed E-state index contributed by atoms with van der Waals surface area (Å²) >= 11 is 1.90. The maximum absolute atomic E-state index is 12.2. The van der Waals surface area contributed by atoms with Crippen molar-refractivity contribution in [3.8, 4) is 0 Å². The van der Waals surface area contributed by atoms with Gasteiger partial charge >= 0.3 is 0 Å². The van der Waals surface area contributed by atoms with Crippen LogP contribution in [-0.2, 0) is 4.79 Å². The summed E-state index contributed by atoms with van der Waals surface area (Å²) in [6, 6.07) is 0.0627. The van der Waals surface area contributed by atoms with E-state index in [9.17, 15) is 4.79 Å². The maximum Gasteiger partial charge on any atom is 0.241 e. The standard InChI is InChI=1S/C14H28N2OS/c1-4-9-13-15-12(5-2)14(17)16(13)10-7-6-8-11-18-3/h12-13,15H,4-11H2,1-3H3. The number of nitrogens with zero attached hydrogens (tertiary/aromatic N) is 1. The van der Waals surface area contributed by atoms with Crippen molar-refractivity contribution in [2.75, 3.05) is 18.6 Å². The number of thioether (sulfide) groups is 1. The molecule has 1 aliphatic heterocycles. The molecule has 0 spiro atoms. The van der Waals surface area contributed by atoms with Gasteiger partial charge in [-0.05, 0) is 37.7 Å². The molecule has 0 bridgehead atoms. The van der Waals surface area contributed by atoms with Crippen molar-refractivity contribution in [2.24, 2.45) is 0 Å². The lowest BCUT2D eigenvalue weighted by Crippen LogP contribution is -2.37. The van der Waals surface area contributed by atoms with Crippen LogP contribution in [-0.4, -0.2) is 41.6 Å². The zero-order valence-corrected chi connectivity index (χ0v) is 12.9. The zero-order chi connectivity index (χ0) is 13.4. The van der Waals surface area contributed by atoms with Crippen LogP contribution in [0, 0.1) is 0 Å². The fraction of sp³-hybridized carbons (Fsp3) is 0.929. The Kier molecular flexibility index (Phi) is 7.75. The van der Waals surface area contributed by atoms with E-state index in [-0.39, 0.29) is 12.2 Å². The average molecular weight is 272 g/mol. The molecule has 0 aromatic carbocycles. The first-order chi connectivity index (χ1) is 8.74. The van der Waals surface area contributed by atoms with Gasteiger partial charge in [0.05, 0.1) is 12.2 Å². The van der Waals surface area contributed by atoms with Crippen molar-refractivity contribution in [3.05, 3.63) is 0 Å². The van der Waals surface area contributed by atoms with E-state index in [1.165, 1.54) is 18.6 Å². The summed E-state index contributed by atoms with van der Waals surface area (Å²) in [7, 11) is 0. The topological polar surface area (TPSA) is 32.3 Å². The van der Waals surface area contributed by atoms with Gasteiger partial charge < -0.3 is 4.90 Å². The smallest absolute Gasteiger partial charge is 0.241 e. The molecule has 0 radical (unpaired) electrons. The molecule has 1 rings (SSSR count). The summed E-state index contributed by atoms with van der Waals surface area (Å²) in [6.07, 6.45) is 9.20. The minimum Gasteiger partial charge on any atom is -0.326 e. The molecule has 1 saturated heterocycles. The largest absolute Gasteiger partial charge is 0.326 e. The lowest BCUT2D eigenvalue weighted by Gasteiger charge is -2.23. The molecule has 0 aromatic heterocycles. The second-order valence-electron chi connectivity index (χ2n) is 5.02. The van der Waals surface area contributed by atoms with Gasteiger partial charge in [0.15, 0.2) is 0 Å². The fourth-order valence-electron chi connectivity index (χ4n) is 2.52. The minimum atomic E-state index is 0.0627. The molecular weight excluding hydrogens is 244 g/mol. The number of nitrogens with one attached hydrogen (secondary N) is 1. The number of unbranched alkanes of at least 4 members (excludes halogenated alkanes) is 2. The second-order valence-corrected chi connectivity index (χ2v) is 6.00. The Balaban J connectivity index is 2.36. The Morgan fingerprint density at radius 1 is 1.28 bits per heavy atom. The monoisotopic (exact) mass is 272 g/mol. The Morgan fingerprint density at radius 3 is 2.67 bits per heavy atom. The quantitative estimate of drug-likeness (QED) is 0.655. The van der Waals surface area contributed by atoms with Crippen LogP contribution in [0.15, 0.2) is 0 Å². The highest BCUT2D eigenvalue weighted by molar-refractivity contribution is 7.98. The van der Waals surface area contributed by atoms with Gasteiger partial charge in [-0.3, -0.25) is 10.1 Å². The number of hydrogen-bond donors (Lipinski definition) is 1. The predicted octanol–water partition coefficient (Wildman–Crippen LogP) is 2.86. The lowest BCUT2D eigenvalue weighted by molar-refractivity contribution is -0.130. The van der Waals surface area contributed by atoms with E-state index in [0.717, 1.165) is 32.2 Å². The van der Waals surface area contributed by atoms with Crippen LogP contribution in [0.3, 0.4) is 0 Å². The molecule has 1 heterocycles. The van der Waals surface area contributed by atoms with Crippen LogP contribution in [0.1, 0.15) is 52.4 Å². The van der Waals surface area contributed by atoms with Crippen LogP contribution in [0.4, 0.5) is 0 Å². The normalized spacial score (nSPS) is 23.9. The van der Waals surface area contributed by atoms with Crippen LogP contribution < -0.4 is 5.32 Å². The Morgan fingerprint density at radius 2 is 2.06 bits per heavy atom. The van der Waals surface area contributed by atoms with Crippen molar-refractivity contribution in [3.63, 3.8) is 0 Å². The number of rotatable bonds is 9. The molecule has 1 fully saturated rings. The third-order valence-corrected chi connectivity index (χ3v) is 4.27. The van der Waals surface area contributed by atoms with Crippen molar-refractivity contribution in [1.82, 2.24) is 10.2 Å². The molecule has 3 nitrogen and oxygen atoms in total. The number of carbonyl (C=O) groups excluding carboxylic acids is 1. The van der Waals surface area contributed by atoms with E-state index in [1.807, 2.05) is 11.8 Å². The molecule has 18 heavy (non-hydrogen) atoms. The number of hydrogen-bond acceptors (Lipinski definition) is 3. The Bertz CT molecular complexity index is 248. The van der Waals surface area contributed by atoms with Crippen molar-refractivity contribution < 1.29 is 4.79 Å². The molecule has 2 unspecified atom stereocenters. The summed E-state index contributed by atoms with van der Waals surface area (Å²) in [5.74, 6) is 1.56. The van der Waals surface area contributed by atoms with Crippen LogP contribution in [0.2, 0.25) is 0 Å². The molecule has 2 atom stereocenters. The van der Waals surface area contributed by atoms with Gasteiger partial charge in [-0.15, -0.1) is 0 Å². The molecule has 1 aliphatic rings. The van der Waals surface area contributed by atoms with E-state index in [0.29, 0.717) is 5.91 Å². The van der Waals surface area contributed by atoms with Crippen molar-refractivity contribution in [2.45, 2.75) is 64.6 Å². The summed E-state index contributed by atoms with van der Waals surface area (Å²) in [5.41, 5.74) is 0. The third-order valence-electron chi connectivity index (χ3n) is 3.57. The van der Waals surface area contributed by atoms with Gasteiger partial charge in [-0.1, -0.05) is 26.7 Å². The molecule has 106 valence electrons. The van der Waals surface area contributed by atoms with Crippen LogP contribution in [0.25, 0.3) is 0 Å². The number of amides is 1. The minimum absolute atomic E-state index is 0.0627. The van der Waals surface area contributed by atoms with E-state index in [1.54, 1.807) is 0 Å². The number of carbonyl (C=O) groups is 1. The Hall–Kier alpha value is -0.220.